The largest absolute Gasteiger partial charge is 0.372 e. The minimum atomic E-state index is 0.600. The lowest BCUT2D eigenvalue weighted by Crippen LogP contribution is -1.91. The maximum atomic E-state index is 5.44. The molecule has 1 aromatic rings. The molecule has 0 heterocycles. The van der Waals surface area contributed by atoms with Gasteiger partial charge in [0.05, 0.1) is 13.2 Å². The number of rotatable bonds is 6. The molecule has 1 nitrogen and oxygen atoms in total. The van der Waals surface area contributed by atoms with Crippen LogP contribution in [0.25, 0.3) is 0 Å². The number of ether oxygens (including phenoxy) is 1. The molecule has 0 saturated heterocycles. The topological polar surface area (TPSA) is 9.23 Å². The lowest BCUT2D eigenvalue weighted by molar-refractivity contribution is 0.149. The lowest BCUT2D eigenvalue weighted by atomic mass is 10.2. The summed E-state index contributed by atoms with van der Waals surface area (Å²) in [6, 6.07) is 10.1. The summed E-state index contributed by atoms with van der Waals surface area (Å²) >= 11 is 0. The smallest absolute Gasteiger partial charge is 0.0725 e. The van der Waals surface area contributed by atoms with E-state index in [0.717, 1.165) is 6.42 Å². The molecule has 1 heteroatoms. The number of benzene rings is 1. The summed E-state index contributed by atoms with van der Waals surface area (Å²) in [6.07, 6.45) is 6.51. The Morgan fingerprint density at radius 2 is 2.00 bits per heavy atom. The zero-order valence-electron chi connectivity index (χ0n) is 8.86. The maximum Gasteiger partial charge on any atom is 0.0725 e. The SMILES string of the molecule is C=CCC=C=CCOCc1ccccc1. The molecule has 0 bridgehead atoms. The van der Waals surface area contributed by atoms with Crippen molar-refractivity contribution in [3.63, 3.8) is 0 Å². The van der Waals surface area contributed by atoms with E-state index in [1.165, 1.54) is 5.56 Å². The molecular formula is C14H16O. The van der Waals surface area contributed by atoms with Crippen molar-refractivity contribution in [2.45, 2.75) is 13.0 Å². The van der Waals surface area contributed by atoms with Gasteiger partial charge in [0.15, 0.2) is 0 Å². The van der Waals surface area contributed by atoms with E-state index >= 15 is 0 Å². The molecule has 15 heavy (non-hydrogen) atoms. The van der Waals surface area contributed by atoms with E-state index in [2.05, 4.69) is 24.4 Å². The van der Waals surface area contributed by atoms with Crippen LogP contribution in [0.4, 0.5) is 0 Å². The summed E-state index contributed by atoms with van der Waals surface area (Å²) in [4.78, 5) is 0. The van der Waals surface area contributed by atoms with E-state index in [9.17, 15) is 0 Å². The summed E-state index contributed by atoms with van der Waals surface area (Å²) in [5, 5.41) is 0. The summed E-state index contributed by atoms with van der Waals surface area (Å²) < 4.78 is 5.44. The summed E-state index contributed by atoms with van der Waals surface area (Å²) in [6.45, 7) is 4.87. The van der Waals surface area contributed by atoms with Crippen molar-refractivity contribution in [1.82, 2.24) is 0 Å². The van der Waals surface area contributed by atoms with Crippen LogP contribution in [0.3, 0.4) is 0 Å². The van der Waals surface area contributed by atoms with Crippen LogP contribution in [-0.4, -0.2) is 6.61 Å². The Kier molecular flexibility index (Phi) is 5.99. The molecule has 0 aliphatic rings. The van der Waals surface area contributed by atoms with Gasteiger partial charge in [-0.05, 0) is 24.1 Å². The van der Waals surface area contributed by atoms with Crippen molar-refractivity contribution in [3.8, 4) is 0 Å². The van der Waals surface area contributed by atoms with Gasteiger partial charge in [-0.25, -0.2) is 0 Å². The quantitative estimate of drug-likeness (QED) is 0.388. The van der Waals surface area contributed by atoms with Gasteiger partial charge in [-0.3, -0.25) is 0 Å². The second-order valence-corrected chi connectivity index (χ2v) is 3.10. The highest BCUT2D eigenvalue weighted by atomic mass is 16.5. The minimum Gasteiger partial charge on any atom is -0.372 e. The molecule has 78 valence electrons. The molecule has 1 rings (SSSR count). The minimum absolute atomic E-state index is 0.600. The third-order valence-electron chi connectivity index (χ3n) is 1.83. The van der Waals surface area contributed by atoms with Gasteiger partial charge in [0.2, 0.25) is 0 Å². The highest BCUT2D eigenvalue weighted by Gasteiger charge is 1.88. The molecule has 0 saturated carbocycles. The van der Waals surface area contributed by atoms with Crippen LogP contribution in [0.15, 0.2) is 60.9 Å². The molecule has 0 N–H and O–H groups in total. The van der Waals surface area contributed by atoms with E-state index in [1.807, 2.05) is 36.4 Å². The third-order valence-corrected chi connectivity index (χ3v) is 1.83. The van der Waals surface area contributed by atoms with Crippen molar-refractivity contribution < 1.29 is 4.74 Å². The molecule has 0 aromatic heterocycles. The fraction of sp³-hybridized carbons (Fsp3) is 0.214. The average Bonchev–Trinajstić information content (AvgIpc) is 2.29. The molecular weight excluding hydrogens is 184 g/mol. The van der Waals surface area contributed by atoms with E-state index in [0.29, 0.717) is 13.2 Å². The highest BCUT2D eigenvalue weighted by molar-refractivity contribution is 5.13. The van der Waals surface area contributed by atoms with Gasteiger partial charge >= 0.3 is 0 Å². The molecule has 0 aliphatic heterocycles. The van der Waals surface area contributed by atoms with Crippen LogP contribution >= 0.6 is 0 Å². The van der Waals surface area contributed by atoms with Crippen molar-refractivity contribution in [2.24, 2.45) is 0 Å². The zero-order valence-corrected chi connectivity index (χ0v) is 8.86. The Hall–Kier alpha value is -1.56. The van der Waals surface area contributed by atoms with Crippen LogP contribution in [-0.2, 0) is 11.3 Å². The predicted octanol–water partition coefficient (Wildman–Crippen LogP) is 3.49. The Morgan fingerprint density at radius 3 is 2.73 bits per heavy atom. The van der Waals surface area contributed by atoms with E-state index < -0.39 is 0 Å². The third kappa shape index (κ3) is 5.69. The monoisotopic (exact) mass is 200 g/mol. The molecule has 1 aromatic carbocycles. The van der Waals surface area contributed by atoms with Crippen molar-refractivity contribution >= 4 is 0 Å². The Balaban J connectivity index is 2.17. The number of allylic oxidation sites excluding steroid dienone is 1. The number of hydrogen-bond acceptors (Lipinski definition) is 1. The molecule has 0 fully saturated rings. The van der Waals surface area contributed by atoms with Gasteiger partial charge in [0.1, 0.15) is 0 Å². The van der Waals surface area contributed by atoms with Gasteiger partial charge in [-0.1, -0.05) is 36.4 Å². The summed E-state index contributed by atoms with van der Waals surface area (Å²) in [5.41, 5.74) is 4.22. The van der Waals surface area contributed by atoms with Crippen LogP contribution < -0.4 is 0 Å². The lowest BCUT2D eigenvalue weighted by Gasteiger charge is -1.99. The summed E-state index contributed by atoms with van der Waals surface area (Å²) in [7, 11) is 0. The fourth-order valence-corrected chi connectivity index (χ4v) is 1.09. The first-order valence-corrected chi connectivity index (χ1v) is 5.05. The highest BCUT2D eigenvalue weighted by Crippen LogP contribution is 1.99. The van der Waals surface area contributed by atoms with Crippen LogP contribution in [0.2, 0.25) is 0 Å². The molecule has 0 atom stereocenters. The normalized spacial score (nSPS) is 9.07. The van der Waals surface area contributed by atoms with Crippen molar-refractivity contribution in [1.29, 1.82) is 0 Å². The van der Waals surface area contributed by atoms with Gasteiger partial charge in [0, 0.05) is 0 Å². The standard InChI is InChI=1S/C14H16O/c1-2-3-4-5-9-12-15-13-14-10-7-6-8-11-14/h2,4,6-11H,1,3,12-13H2. The Bertz CT molecular complexity index is 332. The Morgan fingerprint density at radius 1 is 1.20 bits per heavy atom. The molecule has 0 spiro atoms. The van der Waals surface area contributed by atoms with Gasteiger partial charge in [-0.2, -0.15) is 0 Å². The maximum absolute atomic E-state index is 5.44. The van der Waals surface area contributed by atoms with Gasteiger partial charge in [-0.15, -0.1) is 12.3 Å². The van der Waals surface area contributed by atoms with E-state index in [4.69, 9.17) is 4.74 Å². The van der Waals surface area contributed by atoms with E-state index in [1.54, 1.807) is 0 Å². The van der Waals surface area contributed by atoms with Gasteiger partial charge in [0.25, 0.3) is 0 Å². The first kappa shape index (κ1) is 11.5. The van der Waals surface area contributed by atoms with Gasteiger partial charge < -0.3 is 4.74 Å². The summed E-state index contributed by atoms with van der Waals surface area (Å²) in [5.74, 6) is 0. The average molecular weight is 200 g/mol. The first-order chi connectivity index (χ1) is 7.43. The van der Waals surface area contributed by atoms with Crippen molar-refractivity contribution in [3.05, 3.63) is 66.4 Å². The van der Waals surface area contributed by atoms with Crippen LogP contribution in [0.5, 0.6) is 0 Å². The molecule has 0 unspecified atom stereocenters. The Labute approximate surface area is 91.4 Å². The zero-order chi connectivity index (χ0) is 10.8. The van der Waals surface area contributed by atoms with Crippen molar-refractivity contribution in [2.75, 3.05) is 6.61 Å². The van der Waals surface area contributed by atoms with Crippen LogP contribution in [0, 0.1) is 0 Å². The molecule has 0 amide bonds. The first-order valence-electron chi connectivity index (χ1n) is 5.05. The number of hydrogen-bond donors (Lipinski definition) is 0. The fourth-order valence-electron chi connectivity index (χ4n) is 1.09. The second-order valence-electron chi connectivity index (χ2n) is 3.10. The molecule has 0 radical (unpaired) electrons. The molecule has 0 aliphatic carbocycles. The van der Waals surface area contributed by atoms with Crippen LogP contribution in [0.1, 0.15) is 12.0 Å². The predicted molar refractivity (Wildman–Crippen MR) is 63.6 cm³/mol. The second kappa shape index (κ2) is 7.81. The van der Waals surface area contributed by atoms with E-state index in [-0.39, 0.29) is 0 Å².